The van der Waals surface area contributed by atoms with Crippen LogP contribution in [0.5, 0.6) is 0 Å². The second-order valence-electron chi connectivity index (χ2n) is 7.91. The molecule has 3 heterocycles. The van der Waals surface area contributed by atoms with E-state index in [1.165, 1.54) is 4.90 Å². The minimum atomic E-state index is -0.969. The molecule has 3 aliphatic rings. The maximum atomic E-state index is 13.3. The Hall–Kier alpha value is -1.67. The maximum absolute atomic E-state index is 13.3. The fraction of sp³-hybridized carbons (Fsp3) is 0.850. The lowest BCUT2D eigenvalue weighted by atomic mass is 9.71. The van der Waals surface area contributed by atoms with E-state index in [0.29, 0.717) is 25.8 Å². The van der Waals surface area contributed by atoms with Crippen LogP contribution >= 0.6 is 0 Å². The average Bonchev–Trinajstić information content (AvgIpc) is 3.31. The topological polar surface area (TPSA) is 105 Å². The number of unbranched alkanes of at least 4 members (excludes halogenated alkanes) is 2. The van der Waals surface area contributed by atoms with Gasteiger partial charge in [-0.25, -0.2) is 0 Å². The molecule has 3 saturated heterocycles. The van der Waals surface area contributed by atoms with E-state index in [0.717, 1.165) is 19.3 Å². The van der Waals surface area contributed by atoms with Gasteiger partial charge in [0.25, 0.3) is 0 Å². The van der Waals surface area contributed by atoms with E-state index in [2.05, 4.69) is 12.2 Å². The van der Waals surface area contributed by atoms with Crippen molar-refractivity contribution in [3.05, 3.63) is 0 Å². The first-order valence-electron chi connectivity index (χ1n) is 10.5. The van der Waals surface area contributed by atoms with Gasteiger partial charge < -0.3 is 24.8 Å². The van der Waals surface area contributed by atoms with Gasteiger partial charge in [-0.2, -0.15) is 0 Å². The number of carbonyl (C=O) groups excluding carboxylic acids is 3. The molecule has 2 amide bonds. The van der Waals surface area contributed by atoms with Crippen molar-refractivity contribution in [3.8, 4) is 0 Å². The zero-order chi connectivity index (χ0) is 20.3. The standard InChI is InChI=1S/C20H32N2O6/c1-3-5-6-10-21-17(24)16-20-9-8-13(28-20)14(19(26)27-4-2)15(20)18(25)22(16)11-7-12-23/h13-16,23H,3-12H2,1-2H3,(H,21,24)/t13-,14+,15-,16?,20?/m0/s1. The zero-order valence-electron chi connectivity index (χ0n) is 16.8. The van der Waals surface area contributed by atoms with Crippen molar-refractivity contribution in [2.24, 2.45) is 11.8 Å². The second-order valence-corrected chi connectivity index (χ2v) is 7.91. The van der Waals surface area contributed by atoms with Crippen molar-refractivity contribution in [2.75, 3.05) is 26.3 Å². The van der Waals surface area contributed by atoms with E-state index < -0.39 is 29.4 Å². The molecule has 1 spiro atoms. The summed E-state index contributed by atoms with van der Waals surface area (Å²) in [4.78, 5) is 40.4. The lowest BCUT2D eigenvalue weighted by Crippen LogP contribution is -2.55. The van der Waals surface area contributed by atoms with Crippen molar-refractivity contribution in [2.45, 2.75) is 70.1 Å². The fourth-order valence-electron chi connectivity index (χ4n) is 5.12. The van der Waals surface area contributed by atoms with Gasteiger partial charge in [-0.3, -0.25) is 14.4 Å². The van der Waals surface area contributed by atoms with Crippen LogP contribution in [0.2, 0.25) is 0 Å². The first kappa shape index (κ1) is 21.0. The smallest absolute Gasteiger partial charge is 0.312 e. The predicted molar refractivity (Wildman–Crippen MR) is 100 cm³/mol. The zero-order valence-corrected chi connectivity index (χ0v) is 16.8. The Kier molecular flexibility index (Phi) is 6.60. The molecule has 3 aliphatic heterocycles. The SMILES string of the molecule is CCCCCNC(=O)C1N(CCCO)C(=O)[C@@H]2[C@H](C(=O)OCC)[C@@H]3CCC12O3. The van der Waals surface area contributed by atoms with E-state index in [4.69, 9.17) is 9.47 Å². The van der Waals surface area contributed by atoms with E-state index >= 15 is 0 Å². The number of aliphatic hydroxyl groups is 1. The molecule has 3 rings (SSSR count). The van der Waals surface area contributed by atoms with Gasteiger partial charge in [-0.05, 0) is 32.6 Å². The second kappa shape index (κ2) is 8.78. The molecule has 0 aromatic heterocycles. The number of nitrogens with one attached hydrogen (secondary N) is 1. The van der Waals surface area contributed by atoms with E-state index in [1.807, 2.05) is 0 Å². The highest BCUT2D eigenvalue weighted by Crippen LogP contribution is 2.58. The molecule has 2 N–H and O–H groups in total. The van der Waals surface area contributed by atoms with Crippen LogP contribution in [0.4, 0.5) is 0 Å². The summed E-state index contributed by atoms with van der Waals surface area (Å²) in [5.41, 5.74) is -0.969. The molecule has 0 aromatic carbocycles. The molecule has 158 valence electrons. The molecule has 28 heavy (non-hydrogen) atoms. The summed E-state index contributed by atoms with van der Waals surface area (Å²) in [5, 5.41) is 12.2. The summed E-state index contributed by atoms with van der Waals surface area (Å²) in [6.07, 6.45) is 4.18. The summed E-state index contributed by atoms with van der Waals surface area (Å²) in [6, 6.07) is -0.761. The number of ether oxygens (including phenoxy) is 2. The third kappa shape index (κ3) is 3.41. The van der Waals surface area contributed by atoms with Crippen LogP contribution < -0.4 is 5.32 Å². The Labute approximate surface area is 165 Å². The van der Waals surface area contributed by atoms with Crippen molar-refractivity contribution in [1.82, 2.24) is 10.2 Å². The van der Waals surface area contributed by atoms with Crippen LogP contribution in [-0.4, -0.2) is 71.8 Å². The fourth-order valence-corrected chi connectivity index (χ4v) is 5.12. The van der Waals surface area contributed by atoms with Crippen LogP contribution in [-0.2, 0) is 23.9 Å². The van der Waals surface area contributed by atoms with Crippen LogP contribution in [0.1, 0.15) is 52.4 Å². The van der Waals surface area contributed by atoms with Crippen molar-refractivity contribution >= 4 is 17.8 Å². The highest BCUT2D eigenvalue weighted by Gasteiger charge is 2.74. The number of nitrogens with zero attached hydrogens (tertiary/aromatic N) is 1. The number of carbonyl (C=O) groups is 3. The summed E-state index contributed by atoms with van der Waals surface area (Å²) in [6.45, 7) is 4.82. The molecule has 2 unspecified atom stereocenters. The van der Waals surface area contributed by atoms with Gasteiger partial charge in [-0.1, -0.05) is 19.8 Å². The maximum Gasteiger partial charge on any atom is 0.312 e. The third-order valence-corrected chi connectivity index (χ3v) is 6.24. The van der Waals surface area contributed by atoms with E-state index in [9.17, 15) is 19.5 Å². The van der Waals surface area contributed by atoms with Crippen molar-refractivity contribution in [3.63, 3.8) is 0 Å². The summed E-state index contributed by atoms with van der Waals surface area (Å²) in [7, 11) is 0. The molecule has 0 aliphatic carbocycles. The Morgan fingerprint density at radius 3 is 2.79 bits per heavy atom. The van der Waals surface area contributed by atoms with Gasteiger partial charge in [-0.15, -0.1) is 0 Å². The monoisotopic (exact) mass is 396 g/mol. The molecular weight excluding hydrogens is 364 g/mol. The third-order valence-electron chi connectivity index (χ3n) is 6.24. The van der Waals surface area contributed by atoms with Crippen LogP contribution in [0.15, 0.2) is 0 Å². The van der Waals surface area contributed by atoms with Crippen LogP contribution in [0.25, 0.3) is 0 Å². The van der Waals surface area contributed by atoms with Gasteiger partial charge in [0.2, 0.25) is 11.8 Å². The minimum Gasteiger partial charge on any atom is -0.466 e. The first-order valence-corrected chi connectivity index (χ1v) is 10.5. The molecule has 5 atom stereocenters. The number of hydrogen-bond acceptors (Lipinski definition) is 6. The van der Waals surface area contributed by atoms with Gasteiger partial charge >= 0.3 is 5.97 Å². The van der Waals surface area contributed by atoms with Gasteiger partial charge in [0.05, 0.1) is 24.5 Å². The molecule has 8 nitrogen and oxygen atoms in total. The average molecular weight is 396 g/mol. The van der Waals surface area contributed by atoms with Crippen LogP contribution in [0.3, 0.4) is 0 Å². The molecule has 2 bridgehead atoms. The lowest BCUT2D eigenvalue weighted by Gasteiger charge is -2.33. The summed E-state index contributed by atoms with van der Waals surface area (Å²) >= 11 is 0. The number of hydrogen-bond donors (Lipinski definition) is 2. The number of rotatable bonds is 10. The normalized spacial score (nSPS) is 33.2. The van der Waals surface area contributed by atoms with Crippen molar-refractivity contribution < 1.29 is 29.0 Å². The Morgan fingerprint density at radius 1 is 1.32 bits per heavy atom. The molecule has 3 fully saturated rings. The lowest BCUT2D eigenvalue weighted by molar-refractivity contribution is -0.154. The van der Waals surface area contributed by atoms with Crippen LogP contribution in [0, 0.1) is 11.8 Å². The highest BCUT2D eigenvalue weighted by molar-refractivity contribution is 5.98. The quantitative estimate of drug-likeness (QED) is 0.414. The number of aliphatic hydroxyl groups excluding tert-OH is 1. The van der Waals surface area contributed by atoms with E-state index in [1.54, 1.807) is 6.92 Å². The van der Waals surface area contributed by atoms with Gasteiger partial charge in [0.15, 0.2) is 0 Å². The number of esters is 1. The Balaban J connectivity index is 1.85. The Morgan fingerprint density at radius 2 is 2.11 bits per heavy atom. The predicted octanol–water partition coefficient (Wildman–Crippen LogP) is 0.613. The molecule has 0 aromatic rings. The number of fused-ring (bicyclic) bond motifs is 1. The van der Waals surface area contributed by atoms with Crippen molar-refractivity contribution in [1.29, 1.82) is 0 Å². The van der Waals surface area contributed by atoms with Gasteiger partial charge in [0.1, 0.15) is 11.6 Å². The van der Waals surface area contributed by atoms with E-state index in [-0.39, 0.29) is 37.7 Å². The summed E-state index contributed by atoms with van der Waals surface area (Å²) in [5.74, 6) is -2.22. The first-order chi connectivity index (χ1) is 13.5. The summed E-state index contributed by atoms with van der Waals surface area (Å²) < 4.78 is 11.4. The Bertz CT molecular complexity index is 612. The molecular formula is C20H32N2O6. The largest absolute Gasteiger partial charge is 0.466 e. The number of amides is 2. The molecule has 0 radical (unpaired) electrons. The minimum absolute atomic E-state index is 0.0723. The number of likely N-dealkylation sites (tertiary alicyclic amines) is 1. The molecule has 0 saturated carbocycles. The van der Waals surface area contributed by atoms with Gasteiger partial charge in [0, 0.05) is 19.7 Å². The highest BCUT2D eigenvalue weighted by atomic mass is 16.6. The molecule has 8 heteroatoms.